The molecule has 0 spiro atoms. The molecule has 0 saturated carbocycles. The molecule has 120 valence electrons. The normalized spacial score (nSPS) is 9.62. The Morgan fingerprint density at radius 3 is 1.52 bits per heavy atom. The molecule has 1 amide bonds. The lowest BCUT2D eigenvalue weighted by Gasteiger charge is -2.03. The molecule has 0 aromatic heterocycles. The van der Waals surface area contributed by atoms with Gasteiger partial charge >= 0.3 is 18.3 Å². The Morgan fingerprint density at radius 1 is 1.05 bits per heavy atom. The molecule has 0 rings (SSSR count). The number of amides is 1. The van der Waals surface area contributed by atoms with E-state index in [2.05, 4.69) is 18.8 Å². The predicted molar refractivity (Wildman–Crippen MR) is 62.5 cm³/mol. The average molecular weight is 318 g/mol. The van der Waals surface area contributed by atoms with E-state index < -0.39 is 30.6 Å². The summed E-state index contributed by atoms with van der Waals surface area (Å²) in [5.41, 5.74) is 4.79. The number of carbonyl (C=O) groups excluding carboxylic acids is 2. The molecule has 4 nitrogen and oxygen atoms in total. The van der Waals surface area contributed by atoms with E-state index in [1.165, 1.54) is 5.32 Å². The van der Waals surface area contributed by atoms with Gasteiger partial charge in [-0.25, -0.2) is 0 Å². The third-order valence-corrected chi connectivity index (χ3v) is 1.13. The van der Waals surface area contributed by atoms with Gasteiger partial charge < -0.3 is 11.1 Å². The van der Waals surface area contributed by atoms with Gasteiger partial charge in [0.15, 0.2) is 0 Å². The first-order chi connectivity index (χ1) is 9.34. The van der Waals surface area contributed by atoms with Crippen LogP contribution in [0.3, 0.4) is 0 Å². The maximum absolute atomic E-state index is 11.3. The molecule has 10 heteroatoms. The molecule has 0 fully saturated rings. The summed E-state index contributed by atoms with van der Waals surface area (Å²) in [7, 11) is 0. The standard InChI is InChI=1S/C5H4F3NO.C3H3F3O.C3H5N/c1-2-3-9-4(10)5(6,7)8;1-2(7)3(4,5)6;1-2-3-4/h1H,3H2,(H,9,10);1H3;1H,3-4H2. The van der Waals surface area contributed by atoms with E-state index in [1.807, 2.05) is 5.92 Å². The fourth-order valence-electron chi connectivity index (χ4n) is 0.232. The largest absolute Gasteiger partial charge is 0.471 e. The first-order valence-corrected chi connectivity index (χ1v) is 4.84. The van der Waals surface area contributed by atoms with Crippen LogP contribution in [-0.2, 0) is 9.59 Å². The van der Waals surface area contributed by atoms with Gasteiger partial charge in [0.25, 0.3) is 0 Å². The Bertz CT molecular complexity index is 401. The molecule has 21 heavy (non-hydrogen) atoms. The summed E-state index contributed by atoms with van der Waals surface area (Å²) in [5, 5.41) is 1.47. The minimum Gasteiger partial charge on any atom is -0.337 e. The number of hydrogen-bond acceptors (Lipinski definition) is 3. The zero-order chi connectivity index (χ0) is 17.7. The van der Waals surface area contributed by atoms with E-state index in [1.54, 1.807) is 0 Å². The van der Waals surface area contributed by atoms with Gasteiger partial charge in [-0.15, -0.1) is 12.8 Å². The van der Waals surface area contributed by atoms with Gasteiger partial charge in [-0.3, -0.25) is 9.59 Å². The van der Waals surface area contributed by atoms with Crippen LogP contribution in [0, 0.1) is 24.7 Å². The number of terminal acetylenes is 2. The van der Waals surface area contributed by atoms with Crippen LogP contribution < -0.4 is 11.1 Å². The summed E-state index contributed by atoms with van der Waals surface area (Å²) in [6.45, 7) is 0.429. The molecule has 0 aliphatic carbocycles. The second kappa shape index (κ2) is 11.6. The molecular weight excluding hydrogens is 306 g/mol. The lowest BCUT2D eigenvalue weighted by molar-refractivity contribution is -0.173. The maximum atomic E-state index is 11.3. The van der Waals surface area contributed by atoms with E-state index in [9.17, 15) is 35.9 Å². The maximum Gasteiger partial charge on any atom is 0.471 e. The van der Waals surface area contributed by atoms with Crippen LogP contribution in [0.2, 0.25) is 0 Å². The average Bonchev–Trinajstić information content (AvgIpc) is 2.34. The number of alkyl halides is 6. The van der Waals surface area contributed by atoms with Gasteiger partial charge in [-0.05, 0) is 0 Å². The van der Waals surface area contributed by atoms with Crippen molar-refractivity contribution in [2.24, 2.45) is 5.73 Å². The van der Waals surface area contributed by atoms with Gasteiger partial charge in [-0.1, -0.05) is 11.8 Å². The zero-order valence-corrected chi connectivity index (χ0v) is 10.7. The highest BCUT2D eigenvalue weighted by molar-refractivity contribution is 5.81. The highest BCUT2D eigenvalue weighted by Gasteiger charge is 2.38. The van der Waals surface area contributed by atoms with Crippen molar-refractivity contribution < 1.29 is 35.9 Å². The van der Waals surface area contributed by atoms with Crippen LogP contribution in [0.1, 0.15) is 6.92 Å². The highest BCUT2D eigenvalue weighted by Crippen LogP contribution is 2.14. The molecule has 0 aliphatic heterocycles. The van der Waals surface area contributed by atoms with Crippen molar-refractivity contribution in [1.29, 1.82) is 0 Å². The van der Waals surface area contributed by atoms with Crippen molar-refractivity contribution in [2.45, 2.75) is 19.3 Å². The Balaban J connectivity index is -0.000000256. The number of rotatable bonds is 1. The second-order valence-corrected chi connectivity index (χ2v) is 2.85. The van der Waals surface area contributed by atoms with Crippen molar-refractivity contribution >= 4 is 11.7 Å². The van der Waals surface area contributed by atoms with Gasteiger partial charge in [0.2, 0.25) is 5.78 Å². The Hall–Kier alpha value is -2.20. The molecule has 0 radical (unpaired) electrons. The second-order valence-electron chi connectivity index (χ2n) is 2.85. The summed E-state index contributed by atoms with van der Waals surface area (Å²) >= 11 is 0. The first-order valence-electron chi connectivity index (χ1n) is 4.84. The number of ketones is 1. The number of nitrogens with one attached hydrogen (secondary N) is 1. The van der Waals surface area contributed by atoms with Crippen LogP contribution in [0.4, 0.5) is 26.3 Å². The molecule has 0 aliphatic rings. The number of hydrogen-bond donors (Lipinski definition) is 2. The molecule has 3 N–H and O–H groups in total. The van der Waals surface area contributed by atoms with Gasteiger partial charge in [0.1, 0.15) is 0 Å². The Labute approximate surface area is 117 Å². The predicted octanol–water partition coefficient (Wildman–Crippen LogP) is 1.01. The minimum atomic E-state index is -4.84. The smallest absolute Gasteiger partial charge is 0.337 e. The van der Waals surface area contributed by atoms with Crippen LogP contribution in [0.5, 0.6) is 0 Å². The third-order valence-electron chi connectivity index (χ3n) is 1.13. The van der Waals surface area contributed by atoms with Crippen molar-refractivity contribution in [3.05, 3.63) is 0 Å². The summed E-state index contributed by atoms with van der Waals surface area (Å²) in [4.78, 5) is 19.2. The first kappa shape index (κ1) is 23.9. The lowest BCUT2D eigenvalue weighted by atomic mass is 10.5. The van der Waals surface area contributed by atoms with Crippen LogP contribution in [-0.4, -0.2) is 37.1 Å². The number of halogens is 6. The molecule has 0 heterocycles. The monoisotopic (exact) mass is 318 g/mol. The lowest BCUT2D eigenvalue weighted by Crippen LogP contribution is -2.36. The van der Waals surface area contributed by atoms with Crippen molar-refractivity contribution in [2.75, 3.05) is 13.1 Å². The van der Waals surface area contributed by atoms with Gasteiger partial charge in [0, 0.05) is 6.92 Å². The highest BCUT2D eigenvalue weighted by atomic mass is 19.4. The molecular formula is C11H12F6N2O2. The summed E-state index contributed by atoms with van der Waals surface area (Å²) in [6.07, 6.45) is -0.235. The number of nitrogens with two attached hydrogens (primary N) is 1. The summed E-state index contributed by atoms with van der Waals surface area (Å²) in [5.74, 6) is 0.281. The number of carbonyl (C=O) groups is 2. The zero-order valence-electron chi connectivity index (χ0n) is 10.7. The van der Waals surface area contributed by atoms with E-state index in [4.69, 9.17) is 5.73 Å². The quantitative estimate of drug-likeness (QED) is 0.560. The van der Waals surface area contributed by atoms with E-state index in [0.717, 1.165) is 0 Å². The SMILES string of the molecule is C#CCN.C#CCNC(=O)C(F)(F)F.CC(=O)C(F)(F)F. The van der Waals surface area contributed by atoms with E-state index >= 15 is 0 Å². The topological polar surface area (TPSA) is 72.2 Å². The fraction of sp³-hybridized carbons (Fsp3) is 0.455. The molecule has 0 saturated heterocycles. The molecule has 0 aromatic rings. The van der Waals surface area contributed by atoms with E-state index in [0.29, 0.717) is 13.5 Å². The van der Waals surface area contributed by atoms with Gasteiger partial charge in [-0.2, -0.15) is 26.3 Å². The van der Waals surface area contributed by atoms with Crippen LogP contribution in [0.15, 0.2) is 0 Å². The van der Waals surface area contributed by atoms with Crippen LogP contribution >= 0.6 is 0 Å². The summed E-state index contributed by atoms with van der Waals surface area (Å²) < 4.78 is 66.4. The van der Waals surface area contributed by atoms with Crippen LogP contribution in [0.25, 0.3) is 0 Å². The Morgan fingerprint density at radius 2 is 1.38 bits per heavy atom. The van der Waals surface area contributed by atoms with Crippen molar-refractivity contribution in [3.8, 4) is 24.7 Å². The molecule has 0 aromatic carbocycles. The molecule has 0 bridgehead atoms. The number of Topliss-reactive ketones (excluding diaryl/α,β-unsaturated/α-hetero) is 1. The summed E-state index contributed by atoms with van der Waals surface area (Å²) in [6, 6.07) is 0. The van der Waals surface area contributed by atoms with Gasteiger partial charge in [0.05, 0.1) is 13.1 Å². The van der Waals surface area contributed by atoms with E-state index in [-0.39, 0.29) is 0 Å². The minimum absolute atomic E-state index is 0.347. The fourth-order valence-corrected chi connectivity index (χ4v) is 0.232. The molecule has 0 atom stereocenters. The van der Waals surface area contributed by atoms with Crippen molar-refractivity contribution in [1.82, 2.24) is 5.32 Å². The third kappa shape index (κ3) is 20.3. The Kier molecular flexibility index (Phi) is 13.2. The molecule has 0 unspecified atom stereocenters. The van der Waals surface area contributed by atoms with Crippen molar-refractivity contribution in [3.63, 3.8) is 0 Å².